The molecule has 0 atom stereocenters. The van der Waals surface area contributed by atoms with E-state index in [0.717, 1.165) is 0 Å². The summed E-state index contributed by atoms with van der Waals surface area (Å²) in [4.78, 5) is 10.8. The van der Waals surface area contributed by atoms with E-state index in [1.807, 2.05) is 0 Å². The third kappa shape index (κ3) is 3.39. The monoisotopic (exact) mass is 205 g/mol. The second-order valence-electron chi connectivity index (χ2n) is 4.25. The fraction of sp³-hybridized carbons (Fsp3) is 0.462. The Morgan fingerprint density at radius 3 is 2.60 bits per heavy atom. The molecule has 0 aromatic heterocycles. The minimum atomic E-state index is 0.0179. The summed E-state index contributed by atoms with van der Waals surface area (Å²) in [5, 5.41) is 2.83. The minimum Gasteiger partial charge on any atom is -0.352 e. The first kappa shape index (κ1) is 11.8. The number of carbonyl (C=O) groups excluding carboxylic acids is 1. The van der Waals surface area contributed by atoms with Gasteiger partial charge >= 0.3 is 0 Å². The molecular weight excluding hydrogens is 186 g/mol. The maximum Gasteiger partial charge on any atom is 0.217 e. The Morgan fingerprint density at radius 1 is 1.40 bits per heavy atom. The van der Waals surface area contributed by atoms with E-state index in [2.05, 4.69) is 44.3 Å². The van der Waals surface area contributed by atoms with Gasteiger partial charge in [0.15, 0.2) is 0 Å². The van der Waals surface area contributed by atoms with Gasteiger partial charge in [0.2, 0.25) is 5.91 Å². The molecule has 0 fully saturated rings. The zero-order chi connectivity index (χ0) is 11.4. The Labute approximate surface area is 91.7 Å². The number of rotatable bonds is 3. The first-order valence-electron chi connectivity index (χ1n) is 5.34. The zero-order valence-corrected chi connectivity index (χ0v) is 9.92. The summed E-state index contributed by atoms with van der Waals surface area (Å²) in [6.45, 7) is 8.59. The molecule has 0 aliphatic carbocycles. The van der Waals surface area contributed by atoms with Crippen molar-refractivity contribution in [1.82, 2.24) is 5.32 Å². The fourth-order valence-electron chi connectivity index (χ4n) is 1.46. The fourth-order valence-corrected chi connectivity index (χ4v) is 1.46. The predicted molar refractivity (Wildman–Crippen MR) is 62.8 cm³/mol. The highest BCUT2D eigenvalue weighted by atomic mass is 16.1. The molecule has 1 amide bonds. The van der Waals surface area contributed by atoms with Crippen LogP contribution in [0.5, 0.6) is 0 Å². The summed E-state index contributed by atoms with van der Waals surface area (Å²) < 4.78 is 0. The number of hydrogen-bond acceptors (Lipinski definition) is 1. The van der Waals surface area contributed by atoms with Gasteiger partial charge in [0.1, 0.15) is 0 Å². The molecule has 1 rings (SSSR count). The maximum absolute atomic E-state index is 10.8. The van der Waals surface area contributed by atoms with E-state index in [1.54, 1.807) is 6.92 Å². The lowest BCUT2D eigenvalue weighted by molar-refractivity contribution is -0.119. The second-order valence-corrected chi connectivity index (χ2v) is 4.25. The van der Waals surface area contributed by atoms with Crippen molar-refractivity contribution in [3.63, 3.8) is 0 Å². The highest BCUT2D eigenvalue weighted by Gasteiger charge is 2.03. The summed E-state index contributed by atoms with van der Waals surface area (Å²) in [6.07, 6.45) is 0. The van der Waals surface area contributed by atoms with Crippen LogP contribution in [0.4, 0.5) is 0 Å². The first-order chi connectivity index (χ1) is 7.00. The molecule has 0 aliphatic rings. The van der Waals surface area contributed by atoms with Crippen molar-refractivity contribution in [1.29, 1.82) is 0 Å². The molecule has 82 valence electrons. The smallest absolute Gasteiger partial charge is 0.217 e. The molecule has 0 saturated carbocycles. The molecule has 2 nitrogen and oxygen atoms in total. The molecule has 1 aromatic carbocycles. The van der Waals surface area contributed by atoms with Crippen molar-refractivity contribution in [3.8, 4) is 0 Å². The first-order valence-corrected chi connectivity index (χ1v) is 5.34. The Balaban J connectivity index is 2.85. The lowest BCUT2D eigenvalue weighted by atomic mass is 9.98. The van der Waals surface area contributed by atoms with Crippen molar-refractivity contribution >= 4 is 5.91 Å². The van der Waals surface area contributed by atoms with E-state index in [9.17, 15) is 4.79 Å². The number of amides is 1. The SMILES string of the molecule is CC(=O)NCc1cc(C(C)C)ccc1C. The number of carbonyl (C=O) groups is 1. The van der Waals surface area contributed by atoms with E-state index in [0.29, 0.717) is 12.5 Å². The molecule has 2 heteroatoms. The normalized spacial score (nSPS) is 10.5. The van der Waals surface area contributed by atoms with Crippen LogP contribution in [0, 0.1) is 6.92 Å². The zero-order valence-electron chi connectivity index (χ0n) is 9.92. The van der Waals surface area contributed by atoms with Crippen LogP contribution in [0.1, 0.15) is 43.4 Å². The highest BCUT2D eigenvalue weighted by molar-refractivity contribution is 5.72. The summed E-state index contributed by atoms with van der Waals surface area (Å²) in [5.74, 6) is 0.547. The quantitative estimate of drug-likeness (QED) is 0.807. The van der Waals surface area contributed by atoms with Crippen LogP contribution in [-0.2, 0) is 11.3 Å². The molecule has 0 aliphatic heterocycles. The maximum atomic E-state index is 10.8. The lowest BCUT2D eigenvalue weighted by Crippen LogP contribution is -2.19. The van der Waals surface area contributed by atoms with E-state index in [-0.39, 0.29) is 5.91 Å². The number of hydrogen-bond donors (Lipinski definition) is 1. The van der Waals surface area contributed by atoms with Crippen molar-refractivity contribution in [3.05, 3.63) is 34.9 Å². The van der Waals surface area contributed by atoms with Crippen LogP contribution in [0.3, 0.4) is 0 Å². The van der Waals surface area contributed by atoms with Crippen LogP contribution in [0.25, 0.3) is 0 Å². The van der Waals surface area contributed by atoms with Crippen molar-refractivity contribution in [2.45, 2.75) is 40.2 Å². The number of nitrogens with one attached hydrogen (secondary N) is 1. The Hall–Kier alpha value is -1.31. The number of benzene rings is 1. The van der Waals surface area contributed by atoms with Gasteiger partial charge in [0.05, 0.1) is 0 Å². The molecule has 0 bridgehead atoms. The largest absolute Gasteiger partial charge is 0.352 e. The Bertz CT molecular complexity index is 356. The van der Waals surface area contributed by atoms with Gasteiger partial charge in [-0.25, -0.2) is 0 Å². The van der Waals surface area contributed by atoms with Gasteiger partial charge in [0, 0.05) is 13.5 Å². The Kier molecular flexibility index (Phi) is 3.89. The van der Waals surface area contributed by atoms with Gasteiger partial charge in [-0.2, -0.15) is 0 Å². The molecule has 1 aromatic rings. The van der Waals surface area contributed by atoms with Gasteiger partial charge < -0.3 is 5.32 Å². The van der Waals surface area contributed by atoms with Gasteiger partial charge in [0.25, 0.3) is 0 Å². The molecule has 15 heavy (non-hydrogen) atoms. The molecular formula is C13H19NO. The van der Waals surface area contributed by atoms with E-state index < -0.39 is 0 Å². The van der Waals surface area contributed by atoms with E-state index in [1.165, 1.54) is 16.7 Å². The predicted octanol–water partition coefficient (Wildman–Crippen LogP) is 2.75. The van der Waals surface area contributed by atoms with Crippen LogP contribution in [0.2, 0.25) is 0 Å². The molecule has 0 saturated heterocycles. The molecule has 0 heterocycles. The third-order valence-corrected chi connectivity index (χ3v) is 2.57. The summed E-state index contributed by atoms with van der Waals surface area (Å²) in [6, 6.07) is 6.44. The van der Waals surface area contributed by atoms with Crippen molar-refractivity contribution in [2.24, 2.45) is 0 Å². The summed E-state index contributed by atoms with van der Waals surface area (Å²) in [5.41, 5.74) is 3.76. The molecule has 1 N–H and O–H groups in total. The topological polar surface area (TPSA) is 29.1 Å². The van der Waals surface area contributed by atoms with Crippen LogP contribution in [0.15, 0.2) is 18.2 Å². The van der Waals surface area contributed by atoms with Crippen LogP contribution in [-0.4, -0.2) is 5.91 Å². The van der Waals surface area contributed by atoms with E-state index >= 15 is 0 Å². The van der Waals surface area contributed by atoms with Gasteiger partial charge in [-0.1, -0.05) is 32.0 Å². The number of aryl methyl sites for hydroxylation is 1. The molecule has 0 spiro atoms. The average molecular weight is 205 g/mol. The Morgan fingerprint density at radius 2 is 2.07 bits per heavy atom. The third-order valence-electron chi connectivity index (χ3n) is 2.57. The van der Waals surface area contributed by atoms with Crippen molar-refractivity contribution < 1.29 is 4.79 Å². The summed E-state index contributed by atoms with van der Waals surface area (Å²) in [7, 11) is 0. The van der Waals surface area contributed by atoms with Gasteiger partial charge in [-0.15, -0.1) is 0 Å². The van der Waals surface area contributed by atoms with Crippen LogP contribution < -0.4 is 5.32 Å². The molecule has 0 radical (unpaired) electrons. The summed E-state index contributed by atoms with van der Waals surface area (Å²) >= 11 is 0. The van der Waals surface area contributed by atoms with Gasteiger partial charge in [-0.05, 0) is 29.5 Å². The van der Waals surface area contributed by atoms with E-state index in [4.69, 9.17) is 0 Å². The average Bonchev–Trinajstić information content (AvgIpc) is 2.16. The molecule has 0 unspecified atom stereocenters. The van der Waals surface area contributed by atoms with Gasteiger partial charge in [-0.3, -0.25) is 4.79 Å². The second kappa shape index (κ2) is 4.96. The minimum absolute atomic E-state index is 0.0179. The van der Waals surface area contributed by atoms with Crippen LogP contribution >= 0.6 is 0 Å². The van der Waals surface area contributed by atoms with Crippen molar-refractivity contribution in [2.75, 3.05) is 0 Å². The lowest BCUT2D eigenvalue weighted by Gasteiger charge is -2.11. The highest BCUT2D eigenvalue weighted by Crippen LogP contribution is 2.18. The standard InChI is InChI=1S/C13H19NO/c1-9(2)12-6-5-10(3)13(7-12)8-14-11(4)15/h5-7,9H,8H2,1-4H3,(H,14,15).